The lowest BCUT2D eigenvalue weighted by molar-refractivity contribution is -0.131. The van der Waals surface area contributed by atoms with E-state index in [4.69, 9.17) is 21.1 Å². The number of carbonyl (C=O) groups excluding carboxylic acids is 2. The Kier molecular flexibility index (Phi) is 7.35. The summed E-state index contributed by atoms with van der Waals surface area (Å²) in [5, 5.41) is 2.39. The van der Waals surface area contributed by atoms with Gasteiger partial charge in [0.05, 0.1) is 9.50 Å². The third kappa shape index (κ3) is 5.85. The molecule has 0 unspecified atom stereocenters. The first-order chi connectivity index (χ1) is 13.9. The highest BCUT2D eigenvalue weighted by molar-refractivity contribution is 9.11. The van der Waals surface area contributed by atoms with Crippen LogP contribution in [-0.4, -0.2) is 25.0 Å². The highest BCUT2D eigenvalue weighted by Gasteiger charge is 2.10. The van der Waals surface area contributed by atoms with Gasteiger partial charge in [0.2, 0.25) is 0 Å². The molecule has 150 valence electrons. The molecule has 2 N–H and O–H groups in total. The summed E-state index contributed by atoms with van der Waals surface area (Å²) in [5.41, 5.74) is 4.53. The highest BCUT2D eigenvalue weighted by atomic mass is 79.9. The monoisotopic (exact) mass is 540 g/mol. The van der Waals surface area contributed by atoms with Crippen LogP contribution in [0.2, 0.25) is 5.02 Å². The van der Waals surface area contributed by atoms with Crippen molar-refractivity contribution in [1.82, 2.24) is 10.9 Å². The van der Waals surface area contributed by atoms with Gasteiger partial charge >= 0.3 is 0 Å². The minimum Gasteiger partial charge on any atom is -0.483 e. The smallest absolute Gasteiger partial charge is 0.276 e. The van der Waals surface area contributed by atoms with Crippen LogP contribution in [0.15, 0.2) is 63.5 Å². The van der Waals surface area contributed by atoms with Crippen molar-refractivity contribution in [2.24, 2.45) is 0 Å². The second-order valence-corrected chi connectivity index (χ2v) is 7.96. The van der Waals surface area contributed by atoms with Crippen molar-refractivity contribution >= 4 is 66.0 Å². The summed E-state index contributed by atoms with van der Waals surface area (Å²) in [6, 6.07) is 16.5. The van der Waals surface area contributed by atoms with Crippen LogP contribution in [0.1, 0.15) is 0 Å². The predicted molar refractivity (Wildman–Crippen MR) is 118 cm³/mol. The largest absolute Gasteiger partial charge is 0.483 e. The summed E-state index contributed by atoms with van der Waals surface area (Å²) in [6.07, 6.45) is 0. The number of fused-ring (bicyclic) bond motifs is 1. The molecule has 0 fully saturated rings. The standard InChI is InChI=1S/C20H15Br2ClN2O4/c21-13-6-8-16(15(23)9-13)28-10-18(26)24-25-19(27)11-29-17-7-5-12-3-1-2-4-14(12)20(17)22/h1-9H,10-11H2,(H,24,26)(H,25,27). The van der Waals surface area contributed by atoms with Crippen LogP contribution in [-0.2, 0) is 9.59 Å². The van der Waals surface area contributed by atoms with Crippen molar-refractivity contribution in [2.45, 2.75) is 0 Å². The van der Waals surface area contributed by atoms with Crippen LogP contribution < -0.4 is 20.3 Å². The van der Waals surface area contributed by atoms with E-state index in [1.165, 1.54) is 0 Å². The number of nitrogens with one attached hydrogen (secondary N) is 2. The lowest BCUT2D eigenvalue weighted by Crippen LogP contribution is -2.45. The molecule has 0 aliphatic carbocycles. The van der Waals surface area contributed by atoms with E-state index < -0.39 is 11.8 Å². The average Bonchev–Trinajstić information content (AvgIpc) is 2.71. The van der Waals surface area contributed by atoms with Crippen molar-refractivity contribution < 1.29 is 19.1 Å². The summed E-state index contributed by atoms with van der Waals surface area (Å²) >= 11 is 12.8. The van der Waals surface area contributed by atoms with E-state index >= 15 is 0 Å². The van der Waals surface area contributed by atoms with Gasteiger partial charge in [-0.05, 0) is 51.0 Å². The maximum absolute atomic E-state index is 11.9. The Morgan fingerprint density at radius 2 is 1.48 bits per heavy atom. The molecule has 3 aromatic rings. The number of rotatable bonds is 6. The van der Waals surface area contributed by atoms with Crippen LogP contribution in [0.3, 0.4) is 0 Å². The van der Waals surface area contributed by atoms with E-state index in [1.807, 2.05) is 30.3 Å². The SMILES string of the molecule is O=C(COc1ccc(Br)cc1Cl)NNC(=O)COc1ccc2ccccc2c1Br. The Morgan fingerprint density at radius 3 is 2.17 bits per heavy atom. The summed E-state index contributed by atoms with van der Waals surface area (Å²) < 4.78 is 12.4. The van der Waals surface area contributed by atoms with Gasteiger partial charge in [-0.15, -0.1) is 0 Å². The molecule has 0 aromatic heterocycles. The van der Waals surface area contributed by atoms with E-state index in [0.29, 0.717) is 16.5 Å². The summed E-state index contributed by atoms with van der Waals surface area (Å²) in [5.74, 6) is -0.163. The molecule has 0 bridgehead atoms. The lowest BCUT2D eigenvalue weighted by atomic mass is 10.1. The number of halogens is 3. The van der Waals surface area contributed by atoms with Crippen LogP contribution in [0, 0.1) is 0 Å². The molecule has 6 nitrogen and oxygen atoms in total. The molecule has 3 aromatic carbocycles. The fourth-order valence-corrected chi connectivity index (χ4v) is 3.75. The van der Waals surface area contributed by atoms with Gasteiger partial charge in [0, 0.05) is 4.47 Å². The Labute approximate surface area is 188 Å². The van der Waals surface area contributed by atoms with Crippen molar-refractivity contribution in [1.29, 1.82) is 0 Å². The summed E-state index contributed by atoms with van der Waals surface area (Å²) in [6.45, 7) is -0.574. The number of hydrogen-bond acceptors (Lipinski definition) is 4. The number of amides is 2. The van der Waals surface area contributed by atoms with Crippen LogP contribution in [0.25, 0.3) is 10.8 Å². The van der Waals surface area contributed by atoms with Gasteiger partial charge in [-0.3, -0.25) is 20.4 Å². The predicted octanol–water partition coefficient (Wildman–Crippen LogP) is 4.62. The lowest BCUT2D eigenvalue weighted by Gasteiger charge is -2.12. The third-order valence-corrected chi connectivity index (χ3v) is 5.39. The van der Waals surface area contributed by atoms with Gasteiger partial charge in [0.25, 0.3) is 11.8 Å². The quantitative estimate of drug-likeness (QED) is 0.446. The van der Waals surface area contributed by atoms with Crippen LogP contribution >= 0.6 is 43.5 Å². The molecule has 0 aliphatic heterocycles. The second-order valence-electron chi connectivity index (χ2n) is 5.85. The van der Waals surface area contributed by atoms with Crippen LogP contribution in [0.5, 0.6) is 11.5 Å². The fourth-order valence-electron chi connectivity index (χ4n) is 2.42. The number of hydrogen-bond donors (Lipinski definition) is 2. The number of benzene rings is 3. The molecular weight excluding hydrogens is 527 g/mol. The Balaban J connectivity index is 1.45. The average molecular weight is 543 g/mol. The molecule has 0 atom stereocenters. The Bertz CT molecular complexity index is 1060. The van der Waals surface area contributed by atoms with E-state index in [9.17, 15) is 9.59 Å². The Morgan fingerprint density at radius 1 is 0.862 bits per heavy atom. The van der Waals surface area contributed by atoms with Gasteiger partial charge in [-0.25, -0.2) is 0 Å². The number of hydrazine groups is 1. The summed E-state index contributed by atoms with van der Waals surface area (Å²) in [4.78, 5) is 23.8. The van der Waals surface area contributed by atoms with E-state index in [0.717, 1.165) is 19.7 Å². The second kappa shape index (κ2) is 9.96. The number of carbonyl (C=O) groups is 2. The zero-order valence-electron chi connectivity index (χ0n) is 14.9. The minimum atomic E-state index is -0.538. The van der Waals surface area contributed by atoms with Crippen molar-refractivity contribution in [2.75, 3.05) is 13.2 Å². The van der Waals surface area contributed by atoms with Gasteiger partial charge in [0.15, 0.2) is 13.2 Å². The van der Waals surface area contributed by atoms with Crippen molar-refractivity contribution in [3.8, 4) is 11.5 Å². The van der Waals surface area contributed by atoms with E-state index in [2.05, 4.69) is 42.7 Å². The minimum absolute atomic E-state index is 0.267. The third-order valence-electron chi connectivity index (χ3n) is 3.78. The maximum atomic E-state index is 11.9. The van der Waals surface area contributed by atoms with Gasteiger partial charge in [0.1, 0.15) is 11.5 Å². The molecule has 0 heterocycles. The molecule has 3 rings (SSSR count). The zero-order chi connectivity index (χ0) is 20.8. The highest BCUT2D eigenvalue weighted by Crippen LogP contribution is 2.33. The Hall–Kier alpha value is -2.29. The maximum Gasteiger partial charge on any atom is 0.276 e. The molecule has 0 aliphatic rings. The fraction of sp³-hybridized carbons (Fsp3) is 0.100. The molecule has 2 amide bonds. The zero-order valence-corrected chi connectivity index (χ0v) is 18.8. The molecule has 0 saturated carbocycles. The molecule has 29 heavy (non-hydrogen) atoms. The molecule has 0 radical (unpaired) electrons. The van der Waals surface area contributed by atoms with E-state index in [1.54, 1.807) is 24.3 Å². The van der Waals surface area contributed by atoms with Gasteiger partial charge in [-0.1, -0.05) is 57.9 Å². The van der Waals surface area contributed by atoms with Crippen LogP contribution in [0.4, 0.5) is 0 Å². The summed E-state index contributed by atoms with van der Waals surface area (Å²) in [7, 11) is 0. The van der Waals surface area contributed by atoms with E-state index in [-0.39, 0.29) is 13.2 Å². The molecule has 9 heteroatoms. The first-order valence-corrected chi connectivity index (χ1v) is 10.4. The molecule has 0 spiro atoms. The van der Waals surface area contributed by atoms with Crippen molar-refractivity contribution in [3.63, 3.8) is 0 Å². The normalized spacial score (nSPS) is 10.4. The van der Waals surface area contributed by atoms with Gasteiger partial charge in [-0.2, -0.15) is 0 Å². The van der Waals surface area contributed by atoms with Crippen molar-refractivity contribution in [3.05, 3.63) is 68.6 Å². The first kappa shape index (κ1) is 21.4. The number of ether oxygens (including phenoxy) is 2. The van der Waals surface area contributed by atoms with Gasteiger partial charge < -0.3 is 9.47 Å². The first-order valence-electron chi connectivity index (χ1n) is 8.39. The topological polar surface area (TPSA) is 76.7 Å². The molecule has 0 saturated heterocycles. The molecular formula is C20H15Br2ClN2O4.